The number of nitrogens with zero attached hydrogens (tertiary/aromatic N) is 2. The number of benzene rings is 3. The van der Waals surface area contributed by atoms with Crippen molar-refractivity contribution in [3.8, 4) is 17.2 Å². The van der Waals surface area contributed by atoms with Gasteiger partial charge in [-0.15, -0.1) is 0 Å². The van der Waals surface area contributed by atoms with Crippen LogP contribution in [0.15, 0.2) is 71.6 Å². The highest BCUT2D eigenvalue weighted by atomic mass is 32.2. The smallest absolute Gasteiger partial charge is 0.264 e. The van der Waals surface area contributed by atoms with Crippen molar-refractivity contribution in [3.05, 3.63) is 77.9 Å². The lowest BCUT2D eigenvalue weighted by Crippen LogP contribution is -2.54. The molecule has 0 aromatic heterocycles. The summed E-state index contributed by atoms with van der Waals surface area (Å²) >= 11 is 0. The lowest BCUT2D eigenvalue weighted by atomic mass is 9.95. The summed E-state index contributed by atoms with van der Waals surface area (Å²) in [5, 5.41) is 3.17. The third-order valence-corrected chi connectivity index (χ3v) is 10.2. The van der Waals surface area contributed by atoms with Crippen molar-refractivity contribution in [2.45, 2.75) is 75.9 Å². The summed E-state index contributed by atoms with van der Waals surface area (Å²) in [4.78, 5) is 29.7. The first-order valence-corrected chi connectivity index (χ1v) is 17.1. The maximum Gasteiger partial charge on any atom is 0.264 e. The molecule has 0 heterocycles. The van der Waals surface area contributed by atoms with E-state index in [1.807, 2.05) is 26.0 Å². The Bertz CT molecular complexity index is 1570. The fraction of sp³-hybridized carbons (Fsp3) is 0.429. The van der Waals surface area contributed by atoms with Crippen molar-refractivity contribution in [1.29, 1.82) is 0 Å². The van der Waals surface area contributed by atoms with Crippen LogP contribution >= 0.6 is 0 Å². The van der Waals surface area contributed by atoms with E-state index in [1.165, 1.54) is 37.3 Å². The summed E-state index contributed by atoms with van der Waals surface area (Å²) in [6, 6.07) is 17.7. The molecule has 1 atom stereocenters. The highest BCUT2D eigenvalue weighted by molar-refractivity contribution is 7.92. The molecule has 0 bridgehead atoms. The van der Waals surface area contributed by atoms with E-state index < -0.39 is 28.5 Å². The quantitative estimate of drug-likeness (QED) is 0.246. The molecule has 2 amide bonds. The third-order valence-electron chi connectivity index (χ3n) is 8.39. The van der Waals surface area contributed by atoms with Crippen molar-refractivity contribution >= 4 is 27.5 Å². The van der Waals surface area contributed by atoms with Gasteiger partial charge in [0.15, 0.2) is 0 Å². The first-order valence-electron chi connectivity index (χ1n) is 15.7. The molecule has 0 spiro atoms. The van der Waals surface area contributed by atoms with Crippen LogP contribution in [0.4, 0.5) is 5.69 Å². The Morgan fingerprint density at radius 2 is 1.50 bits per heavy atom. The van der Waals surface area contributed by atoms with Gasteiger partial charge in [-0.05, 0) is 68.1 Å². The van der Waals surface area contributed by atoms with E-state index in [-0.39, 0.29) is 34.8 Å². The first kappa shape index (κ1) is 34.6. The number of ether oxygens (including phenoxy) is 3. The van der Waals surface area contributed by atoms with Crippen LogP contribution < -0.4 is 23.8 Å². The van der Waals surface area contributed by atoms with Crippen LogP contribution in [0.5, 0.6) is 17.2 Å². The normalized spacial score (nSPS) is 14.2. The molecule has 10 nitrogen and oxygen atoms in total. The van der Waals surface area contributed by atoms with Crippen molar-refractivity contribution in [3.63, 3.8) is 0 Å². The van der Waals surface area contributed by atoms with Crippen LogP contribution in [0.1, 0.15) is 56.6 Å². The highest BCUT2D eigenvalue weighted by Gasteiger charge is 2.35. The minimum atomic E-state index is -4.28. The zero-order valence-electron chi connectivity index (χ0n) is 27.3. The van der Waals surface area contributed by atoms with E-state index in [0.717, 1.165) is 47.5 Å². The molecule has 0 unspecified atom stereocenters. The average molecular weight is 652 g/mol. The summed E-state index contributed by atoms with van der Waals surface area (Å²) in [7, 11) is 0.200. The van der Waals surface area contributed by atoms with Crippen molar-refractivity contribution < 1.29 is 32.2 Å². The van der Waals surface area contributed by atoms with E-state index in [1.54, 1.807) is 43.5 Å². The number of rotatable bonds is 14. The minimum Gasteiger partial charge on any atom is -0.497 e. The topological polar surface area (TPSA) is 114 Å². The number of anilines is 1. The van der Waals surface area contributed by atoms with Crippen molar-refractivity contribution in [2.75, 3.05) is 32.2 Å². The lowest BCUT2D eigenvalue weighted by Gasteiger charge is -2.34. The first-order chi connectivity index (χ1) is 22.1. The maximum atomic E-state index is 14.5. The second kappa shape index (κ2) is 15.8. The number of carbonyl (C=O) groups is 2. The summed E-state index contributed by atoms with van der Waals surface area (Å²) in [6.07, 6.45) is 5.37. The summed E-state index contributed by atoms with van der Waals surface area (Å²) in [6.45, 7) is 3.23. The van der Waals surface area contributed by atoms with Gasteiger partial charge in [-0.2, -0.15) is 0 Å². The maximum absolute atomic E-state index is 14.5. The number of nitrogens with one attached hydrogen (secondary N) is 1. The number of methoxy groups -OCH3 is 3. The van der Waals surface area contributed by atoms with Crippen LogP contribution in [0.25, 0.3) is 0 Å². The molecule has 1 aliphatic carbocycles. The molecule has 1 fully saturated rings. The number of amides is 2. The Hall–Kier alpha value is -4.25. The van der Waals surface area contributed by atoms with Crippen LogP contribution in [0, 0.1) is 6.92 Å². The second-order valence-electron chi connectivity index (χ2n) is 11.5. The molecule has 1 saturated carbocycles. The predicted octanol–water partition coefficient (Wildman–Crippen LogP) is 5.47. The Morgan fingerprint density at radius 1 is 0.870 bits per heavy atom. The van der Waals surface area contributed by atoms with Gasteiger partial charge in [-0.1, -0.05) is 56.0 Å². The zero-order chi connectivity index (χ0) is 33.3. The summed E-state index contributed by atoms with van der Waals surface area (Å²) in [5.74, 6) is 0.503. The largest absolute Gasteiger partial charge is 0.497 e. The summed E-state index contributed by atoms with van der Waals surface area (Å²) < 4.78 is 45.9. The predicted molar refractivity (Wildman–Crippen MR) is 178 cm³/mol. The number of aryl methyl sites for hydroxylation is 1. The van der Waals surface area contributed by atoms with Gasteiger partial charge in [0.05, 0.1) is 31.9 Å². The molecule has 46 heavy (non-hydrogen) atoms. The zero-order valence-corrected chi connectivity index (χ0v) is 28.1. The molecule has 11 heteroatoms. The van der Waals surface area contributed by atoms with E-state index >= 15 is 0 Å². The average Bonchev–Trinajstić information content (AvgIpc) is 3.07. The molecule has 3 aromatic rings. The Balaban J connectivity index is 1.77. The van der Waals surface area contributed by atoms with Crippen molar-refractivity contribution in [2.24, 2.45) is 0 Å². The third kappa shape index (κ3) is 8.31. The van der Waals surface area contributed by atoms with Gasteiger partial charge in [0.2, 0.25) is 11.8 Å². The Labute approximate surface area is 272 Å². The molecule has 248 valence electrons. The van der Waals surface area contributed by atoms with Crippen LogP contribution in [-0.2, 0) is 26.2 Å². The molecule has 1 aliphatic rings. The van der Waals surface area contributed by atoms with E-state index in [0.29, 0.717) is 17.9 Å². The van der Waals surface area contributed by atoms with Gasteiger partial charge in [0.1, 0.15) is 29.8 Å². The van der Waals surface area contributed by atoms with Gasteiger partial charge in [-0.25, -0.2) is 8.42 Å². The Morgan fingerprint density at radius 3 is 2.09 bits per heavy atom. The molecule has 0 saturated heterocycles. The van der Waals surface area contributed by atoms with Gasteiger partial charge in [0.25, 0.3) is 10.0 Å². The molecule has 1 N–H and O–H groups in total. The number of hydrogen-bond donors (Lipinski definition) is 1. The van der Waals surface area contributed by atoms with E-state index in [4.69, 9.17) is 14.2 Å². The van der Waals surface area contributed by atoms with Gasteiger partial charge >= 0.3 is 0 Å². The van der Waals surface area contributed by atoms with Crippen LogP contribution in [0.3, 0.4) is 0 Å². The fourth-order valence-electron chi connectivity index (χ4n) is 5.73. The van der Waals surface area contributed by atoms with E-state index in [9.17, 15) is 18.0 Å². The second-order valence-corrected chi connectivity index (χ2v) is 13.4. The van der Waals surface area contributed by atoms with Gasteiger partial charge < -0.3 is 24.4 Å². The number of sulfonamides is 1. The molecule has 3 aromatic carbocycles. The standard InChI is InChI=1S/C35H45N3O7S/c1-6-31(35(40)36-27-10-8-7-9-11-27)37(23-26-14-16-28(43-3)17-15-26)34(39)24-38(32-22-29(44-4)18-21-33(32)45-5)46(41,42)30-19-12-25(2)13-20-30/h12-22,27,31H,6-11,23-24H2,1-5H3,(H,36,40)/t31-/m1/s1. The van der Waals surface area contributed by atoms with Crippen molar-refractivity contribution in [1.82, 2.24) is 10.2 Å². The van der Waals surface area contributed by atoms with Crippen LogP contribution in [0.2, 0.25) is 0 Å². The fourth-order valence-corrected chi connectivity index (χ4v) is 7.15. The monoisotopic (exact) mass is 651 g/mol. The SMILES string of the molecule is CC[C@H](C(=O)NC1CCCCC1)N(Cc1ccc(OC)cc1)C(=O)CN(c1cc(OC)ccc1OC)S(=O)(=O)c1ccc(C)cc1. The van der Waals surface area contributed by atoms with Gasteiger partial charge in [0, 0.05) is 18.7 Å². The molecule has 4 rings (SSSR count). The molecule has 0 aliphatic heterocycles. The Kier molecular flexibility index (Phi) is 11.9. The minimum absolute atomic E-state index is 0.0135. The molecular formula is C35H45N3O7S. The number of hydrogen-bond acceptors (Lipinski definition) is 7. The molecule has 0 radical (unpaired) electrons. The summed E-state index contributed by atoms with van der Waals surface area (Å²) in [5.41, 5.74) is 1.80. The number of carbonyl (C=O) groups excluding carboxylic acids is 2. The lowest BCUT2D eigenvalue weighted by molar-refractivity contribution is -0.140. The highest BCUT2D eigenvalue weighted by Crippen LogP contribution is 2.36. The van der Waals surface area contributed by atoms with Crippen LogP contribution in [-0.4, -0.2) is 65.1 Å². The van der Waals surface area contributed by atoms with E-state index in [2.05, 4.69) is 5.32 Å². The molecular weight excluding hydrogens is 606 g/mol. The van der Waals surface area contributed by atoms with Gasteiger partial charge in [-0.3, -0.25) is 13.9 Å².